The minimum absolute atomic E-state index is 0.260. The van der Waals surface area contributed by atoms with Gasteiger partial charge in [-0.2, -0.15) is 0 Å². The number of hydrogen-bond acceptors (Lipinski definition) is 7. The molecule has 0 spiro atoms. The molecule has 1 heterocycles. The highest BCUT2D eigenvalue weighted by Gasteiger charge is 2.36. The van der Waals surface area contributed by atoms with E-state index in [0.29, 0.717) is 34.1 Å². The highest BCUT2D eigenvalue weighted by atomic mass is 32.2. The van der Waals surface area contributed by atoms with Gasteiger partial charge in [-0.3, -0.25) is 9.59 Å². The Morgan fingerprint density at radius 2 is 1.94 bits per heavy atom. The number of carbonyl (C=O) groups excluding carboxylic acids is 3. The van der Waals surface area contributed by atoms with E-state index in [-0.39, 0.29) is 18.5 Å². The molecule has 2 aromatic carbocycles. The molecule has 1 aliphatic heterocycles. The van der Waals surface area contributed by atoms with Crippen LogP contribution in [0.25, 0.3) is 6.08 Å². The number of esters is 1. The predicted octanol–water partition coefficient (Wildman–Crippen LogP) is 4.61. The monoisotopic (exact) mass is 453 g/mol. The van der Waals surface area contributed by atoms with Gasteiger partial charge in [-0.1, -0.05) is 24.3 Å². The molecule has 0 atom stereocenters. The standard InChI is InChI=1S/C24H23NO6S/c1-4-9-17-12-16(13-19(29-3)22(17)31-15-21(26)30-5-2)14-20-23(27)25(24(28)32-20)18-10-7-6-8-11-18/h4,6-8,10-14H,1,5,9,15H2,2-3H3/b20-14-. The van der Waals surface area contributed by atoms with Gasteiger partial charge in [-0.15, -0.1) is 6.58 Å². The lowest BCUT2D eigenvalue weighted by Gasteiger charge is -2.15. The smallest absolute Gasteiger partial charge is 0.344 e. The quantitative estimate of drug-likeness (QED) is 0.312. The number of carbonyl (C=O) groups is 3. The zero-order valence-corrected chi connectivity index (χ0v) is 18.6. The molecular formula is C24H23NO6S. The highest BCUT2D eigenvalue weighted by Crippen LogP contribution is 2.38. The number of ether oxygens (including phenoxy) is 3. The van der Waals surface area contributed by atoms with Crippen LogP contribution in [0.4, 0.5) is 10.5 Å². The van der Waals surface area contributed by atoms with E-state index < -0.39 is 11.9 Å². The highest BCUT2D eigenvalue weighted by molar-refractivity contribution is 8.19. The van der Waals surface area contributed by atoms with Crippen molar-refractivity contribution in [1.29, 1.82) is 0 Å². The van der Waals surface area contributed by atoms with Gasteiger partial charge in [-0.05, 0) is 61.0 Å². The fourth-order valence-corrected chi connectivity index (χ4v) is 3.98. The van der Waals surface area contributed by atoms with E-state index in [1.807, 2.05) is 6.07 Å². The molecule has 3 rings (SSSR count). The molecule has 0 radical (unpaired) electrons. The maximum absolute atomic E-state index is 12.9. The lowest BCUT2D eigenvalue weighted by molar-refractivity contribution is -0.145. The van der Waals surface area contributed by atoms with Crippen molar-refractivity contribution in [1.82, 2.24) is 0 Å². The van der Waals surface area contributed by atoms with Crippen LogP contribution in [0.15, 0.2) is 60.0 Å². The van der Waals surface area contributed by atoms with E-state index in [9.17, 15) is 14.4 Å². The number of amides is 2. The zero-order valence-electron chi connectivity index (χ0n) is 17.8. The topological polar surface area (TPSA) is 82.1 Å². The van der Waals surface area contributed by atoms with Crippen molar-refractivity contribution in [3.63, 3.8) is 0 Å². The first kappa shape index (κ1) is 23.1. The molecule has 166 valence electrons. The summed E-state index contributed by atoms with van der Waals surface area (Å²) in [6.45, 7) is 5.48. The lowest BCUT2D eigenvalue weighted by Crippen LogP contribution is -2.27. The molecule has 1 aliphatic rings. The molecule has 1 fully saturated rings. The van der Waals surface area contributed by atoms with Gasteiger partial charge in [0.15, 0.2) is 18.1 Å². The number of imide groups is 1. The Balaban J connectivity index is 1.92. The van der Waals surface area contributed by atoms with Crippen molar-refractivity contribution in [2.24, 2.45) is 0 Å². The van der Waals surface area contributed by atoms with E-state index in [1.54, 1.807) is 55.5 Å². The van der Waals surface area contributed by atoms with Crippen molar-refractivity contribution < 1.29 is 28.6 Å². The number of nitrogens with zero attached hydrogens (tertiary/aromatic N) is 1. The van der Waals surface area contributed by atoms with E-state index in [0.717, 1.165) is 22.2 Å². The van der Waals surface area contributed by atoms with Crippen molar-refractivity contribution in [2.45, 2.75) is 13.3 Å². The van der Waals surface area contributed by atoms with Crippen LogP contribution in [0.3, 0.4) is 0 Å². The molecule has 2 amide bonds. The minimum Gasteiger partial charge on any atom is -0.493 e. The SMILES string of the molecule is C=CCc1cc(/C=C2\SC(=O)N(c3ccccc3)C2=O)cc(OC)c1OCC(=O)OCC. The Morgan fingerprint density at radius 1 is 1.19 bits per heavy atom. The predicted molar refractivity (Wildman–Crippen MR) is 124 cm³/mol. The van der Waals surface area contributed by atoms with Gasteiger partial charge in [0.05, 0.1) is 24.3 Å². The molecule has 2 aromatic rings. The van der Waals surface area contributed by atoms with Gasteiger partial charge in [-0.25, -0.2) is 9.69 Å². The van der Waals surface area contributed by atoms with Gasteiger partial charge < -0.3 is 14.2 Å². The number of anilines is 1. The normalized spacial score (nSPS) is 14.6. The molecule has 1 saturated heterocycles. The van der Waals surface area contributed by atoms with Gasteiger partial charge in [0, 0.05) is 5.56 Å². The van der Waals surface area contributed by atoms with Crippen LogP contribution in [-0.2, 0) is 20.7 Å². The fraction of sp³-hybridized carbons (Fsp3) is 0.208. The number of benzene rings is 2. The number of rotatable bonds is 9. The molecular weight excluding hydrogens is 430 g/mol. The third-order valence-corrected chi connectivity index (χ3v) is 5.35. The van der Waals surface area contributed by atoms with Crippen LogP contribution in [-0.4, -0.2) is 37.4 Å². The summed E-state index contributed by atoms with van der Waals surface area (Å²) in [7, 11) is 1.48. The molecule has 0 N–H and O–H groups in total. The third kappa shape index (κ3) is 5.20. The Morgan fingerprint density at radius 3 is 2.59 bits per heavy atom. The largest absolute Gasteiger partial charge is 0.493 e. The van der Waals surface area contributed by atoms with E-state index in [1.165, 1.54) is 7.11 Å². The lowest BCUT2D eigenvalue weighted by atomic mass is 10.0. The summed E-state index contributed by atoms with van der Waals surface area (Å²) in [4.78, 5) is 38.5. The number of methoxy groups -OCH3 is 1. The summed E-state index contributed by atoms with van der Waals surface area (Å²) >= 11 is 0.873. The number of para-hydroxylation sites is 1. The summed E-state index contributed by atoms with van der Waals surface area (Å²) in [5, 5.41) is -0.361. The summed E-state index contributed by atoms with van der Waals surface area (Å²) in [5.74, 6) is -0.0898. The molecule has 0 saturated carbocycles. The summed E-state index contributed by atoms with van der Waals surface area (Å²) < 4.78 is 16.0. The average Bonchev–Trinajstić information content (AvgIpc) is 3.06. The number of hydrogen-bond donors (Lipinski definition) is 0. The fourth-order valence-electron chi connectivity index (χ4n) is 3.14. The van der Waals surface area contributed by atoms with Crippen molar-refractivity contribution in [3.8, 4) is 11.5 Å². The molecule has 0 aliphatic carbocycles. The first-order chi connectivity index (χ1) is 15.5. The second-order valence-electron chi connectivity index (χ2n) is 6.65. The third-order valence-electron chi connectivity index (χ3n) is 4.48. The Hall–Kier alpha value is -3.52. The Bertz CT molecular complexity index is 1060. The number of thioether (sulfide) groups is 1. The van der Waals surface area contributed by atoms with Crippen molar-refractivity contribution >= 4 is 40.6 Å². The second kappa shape index (κ2) is 10.7. The van der Waals surface area contributed by atoms with Crippen molar-refractivity contribution in [3.05, 3.63) is 71.2 Å². The van der Waals surface area contributed by atoms with Crippen LogP contribution in [0.1, 0.15) is 18.1 Å². The molecule has 7 nitrogen and oxygen atoms in total. The van der Waals surface area contributed by atoms with Gasteiger partial charge in [0.25, 0.3) is 11.1 Å². The molecule has 32 heavy (non-hydrogen) atoms. The van der Waals surface area contributed by atoms with Gasteiger partial charge in [0.1, 0.15) is 0 Å². The van der Waals surface area contributed by atoms with E-state index in [4.69, 9.17) is 14.2 Å². The minimum atomic E-state index is -0.488. The van der Waals surface area contributed by atoms with Crippen LogP contribution < -0.4 is 14.4 Å². The maximum atomic E-state index is 12.9. The summed E-state index contributed by atoms with van der Waals surface area (Å²) in [6.07, 6.45) is 3.78. The molecule has 0 bridgehead atoms. The van der Waals surface area contributed by atoms with E-state index in [2.05, 4.69) is 6.58 Å². The molecule has 0 unspecified atom stereocenters. The summed E-state index contributed by atoms with van der Waals surface area (Å²) in [6, 6.07) is 12.3. The first-order valence-corrected chi connectivity index (χ1v) is 10.7. The summed E-state index contributed by atoms with van der Waals surface area (Å²) in [5.41, 5.74) is 1.89. The van der Waals surface area contributed by atoms with Crippen LogP contribution in [0.2, 0.25) is 0 Å². The van der Waals surface area contributed by atoms with Crippen LogP contribution in [0.5, 0.6) is 11.5 Å². The van der Waals surface area contributed by atoms with Crippen LogP contribution >= 0.6 is 11.8 Å². The maximum Gasteiger partial charge on any atom is 0.344 e. The van der Waals surface area contributed by atoms with Crippen molar-refractivity contribution in [2.75, 3.05) is 25.2 Å². The average molecular weight is 454 g/mol. The molecule has 8 heteroatoms. The Kier molecular flexibility index (Phi) is 7.72. The van der Waals surface area contributed by atoms with E-state index >= 15 is 0 Å². The van der Waals surface area contributed by atoms with Gasteiger partial charge in [0.2, 0.25) is 0 Å². The first-order valence-electron chi connectivity index (χ1n) is 9.91. The van der Waals surface area contributed by atoms with Crippen LogP contribution in [0, 0.1) is 0 Å². The zero-order chi connectivity index (χ0) is 23.1. The Labute approximate surface area is 190 Å². The second-order valence-corrected chi connectivity index (χ2v) is 7.64. The molecule has 0 aromatic heterocycles. The van der Waals surface area contributed by atoms with Gasteiger partial charge >= 0.3 is 5.97 Å². The number of allylic oxidation sites excluding steroid dienone is 1.